The van der Waals surface area contributed by atoms with Crippen LogP contribution in [0.4, 0.5) is 29.5 Å². The summed E-state index contributed by atoms with van der Waals surface area (Å²) in [5.74, 6) is 5.41. The Balaban J connectivity index is 0.000000170. The first-order chi connectivity index (χ1) is 30.1. The lowest BCUT2D eigenvalue weighted by atomic mass is 9.87. The van der Waals surface area contributed by atoms with Gasteiger partial charge in [-0.05, 0) is 125 Å². The first-order valence-electron chi connectivity index (χ1n) is 22.5. The van der Waals surface area contributed by atoms with Gasteiger partial charge in [0.1, 0.15) is 22.4 Å². The lowest BCUT2D eigenvalue weighted by molar-refractivity contribution is 0.298. The molecule has 63 heavy (non-hydrogen) atoms. The van der Waals surface area contributed by atoms with Crippen molar-refractivity contribution in [1.82, 2.24) is 49.8 Å². The van der Waals surface area contributed by atoms with E-state index in [0.29, 0.717) is 35.2 Å². The van der Waals surface area contributed by atoms with Crippen LogP contribution in [0.25, 0.3) is 21.9 Å². The Kier molecular flexibility index (Phi) is 17.2. The number of nitrogen functional groups attached to an aromatic ring is 2. The maximum Gasteiger partial charge on any atom is 0.230 e. The molecule has 9 N–H and O–H groups in total. The number of aromatic nitrogens is 9. The standard InChI is InChI=1S/C24H27N7.C11H18N4.C7H15N.C4H4ClN3.CH4/c1-15-2-5-17(6-3-15)31-21-14-26-10-8-18(21)19-13-27-24(30-23(19)31)29-22-7-4-16-12-25-11-9-20(16)28-22;1-8-2-4-9(5-3-8)14-10-6-7-13-11(12)15-10;1-6-2-4-7(8)5-3-6;5-3-1-2-7-4(6)8-3;/h4,7-8,10,13-15,17,25H,2-3,5-6,9,11-12H2,1H3,(H,27,28,29,30);6-9H,2-5H2,1H3,(H3,12,13,14,15);6-7H,2-5,8H2,1H3;1-2H,(H2,6,7,8);1H4. The summed E-state index contributed by atoms with van der Waals surface area (Å²) in [5, 5.41) is 12.8. The minimum Gasteiger partial charge on any atom is -0.368 e. The van der Waals surface area contributed by atoms with Crippen LogP contribution in [-0.2, 0) is 13.0 Å². The van der Waals surface area contributed by atoms with Crippen LogP contribution in [0, 0.1) is 17.8 Å². The number of nitrogens with two attached hydrogens (primary N) is 3. The Morgan fingerprint density at radius 2 is 1.35 bits per heavy atom. The van der Waals surface area contributed by atoms with Crippen molar-refractivity contribution in [3.05, 3.63) is 77.7 Å². The maximum atomic E-state index is 5.70. The molecule has 3 fully saturated rings. The molecule has 1 aliphatic heterocycles. The molecule has 16 heteroatoms. The van der Waals surface area contributed by atoms with Crippen molar-refractivity contribution < 1.29 is 0 Å². The minimum absolute atomic E-state index is 0. The zero-order chi connectivity index (χ0) is 43.4. The molecule has 338 valence electrons. The van der Waals surface area contributed by atoms with E-state index >= 15 is 0 Å². The van der Waals surface area contributed by atoms with Crippen molar-refractivity contribution >= 4 is 63.0 Å². The molecule has 0 radical (unpaired) electrons. The first-order valence-corrected chi connectivity index (χ1v) is 22.9. The lowest BCUT2D eigenvalue weighted by Gasteiger charge is -2.28. The van der Waals surface area contributed by atoms with Gasteiger partial charge in [0.05, 0.1) is 11.7 Å². The smallest absolute Gasteiger partial charge is 0.230 e. The topological polar surface area (TPSA) is 222 Å². The zero-order valence-corrected chi connectivity index (χ0v) is 37.2. The molecule has 0 spiro atoms. The van der Waals surface area contributed by atoms with E-state index in [2.05, 4.69) is 83.3 Å². The number of fused-ring (bicyclic) bond motifs is 4. The van der Waals surface area contributed by atoms with Gasteiger partial charge in [-0.15, -0.1) is 0 Å². The summed E-state index contributed by atoms with van der Waals surface area (Å²) in [5.41, 5.74) is 20.9. The summed E-state index contributed by atoms with van der Waals surface area (Å²) < 4.78 is 2.41. The molecule has 0 unspecified atom stereocenters. The number of halogens is 1. The fourth-order valence-corrected chi connectivity index (χ4v) is 8.97. The van der Waals surface area contributed by atoms with Crippen molar-refractivity contribution in [2.24, 2.45) is 23.5 Å². The van der Waals surface area contributed by atoms with Gasteiger partial charge in [0.25, 0.3) is 0 Å². The van der Waals surface area contributed by atoms with E-state index in [0.717, 1.165) is 71.1 Å². The van der Waals surface area contributed by atoms with E-state index in [-0.39, 0.29) is 13.4 Å². The highest BCUT2D eigenvalue weighted by atomic mass is 35.5. The third-order valence-electron chi connectivity index (χ3n) is 12.6. The Labute approximate surface area is 377 Å². The molecule has 4 aliphatic rings. The van der Waals surface area contributed by atoms with Gasteiger partial charge in [0.2, 0.25) is 17.8 Å². The zero-order valence-electron chi connectivity index (χ0n) is 36.5. The Morgan fingerprint density at radius 3 is 2.00 bits per heavy atom. The molecule has 0 bridgehead atoms. The second kappa shape index (κ2) is 22.9. The van der Waals surface area contributed by atoms with E-state index in [1.54, 1.807) is 12.3 Å². The molecule has 3 aliphatic carbocycles. The molecule has 3 saturated carbocycles. The number of hydrogen-bond donors (Lipinski definition) is 6. The van der Waals surface area contributed by atoms with E-state index < -0.39 is 0 Å². The number of hydrogen-bond acceptors (Lipinski definition) is 14. The van der Waals surface area contributed by atoms with Crippen LogP contribution in [0.1, 0.15) is 123 Å². The maximum absolute atomic E-state index is 5.70. The molecular weight excluding hydrogens is 810 g/mol. The molecule has 6 aromatic heterocycles. The first kappa shape index (κ1) is 47.2. The highest BCUT2D eigenvalue weighted by molar-refractivity contribution is 6.29. The third-order valence-corrected chi connectivity index (χ3v) is 12.8. The van der Waals surface area contributed by atoms with Crippen LogP contribution in [0.3, 0.4) is 0 Å². The van der Waals surface area contributed by atoms with E-state index in [9.17, 15) is 0 Å². The predicted molar refractivity (Wildman–Crippen MR) is 258 cm³/mol. The molecule has 0 amide bonds. The van der Waals surface area contributed by atoms with Crippen molar-refractivity contribution in [1.29, 1.82) is 0 Å². The minimum atomic E-state index is 0. The van der Waals surface area contributed by atoms with Crippen LogP contribution in [0.15, 0.2) is 61.3 Å². The van der Waals surface area contributed by atoms with Gasteiger partial charge in [-0.2, -0.15) is 9.97 Å². The number of nitrogens with zero attached hydrogens (tertiary/aromatic N) is 9. The molecular formula is C47H68ClN15. The monoisotopic (exact) mass is 878 g/mol. The van der Waals surface area contributed by atoms with E-state index in [1.165, 1.54) is 94.2 Å². The largest absolute Gasteiger partial charge is 0.368 e. The highest BCUT2D eigenvalue weighted by Crippen LogP contribution is 2.38. The molecule has 0 aromatic carbocycles. The average molecular weight is 879 g/mol. The second-order valence-electron chi connectivity index (χ2n) is 17.6. The van der Waals surface area contributed by atoms with Crippen LogP contribution in [0.5, 0.6) is 0 Å². The second-order valence-corrected chi connectivity index (χ2v) is 18.0. The Bertz CT molecular complexity index is 2300. The lowest BCUT2D eigenvalue weighted by Crippen LogP contribution is -2.25. The van der Waals surface area contributed by atoms with Gasteiger partial charge >= 0.3 is 0 Å². The third kappa shape index (κ3) is 13.4. The molecule has 0 saturated heterocycles. The molecule has 15 nitrogen and oxygen atoms in total. The molecule has 6 aromatic rings. The van der Waals surface area contributed by atoms with Crippen LogP contribution >= 0.6 is 11.6 Å². The fourth-order valence-electron chi connectivity index (χ4n) is 8.82. The SMILES string of the molecule is C.CC1CCC(N)CC1.CC1CCC(Nc2ccnc(N)n2)CC1.CC1CCC(n2c3cnccc3c3cnc(Nc4ccc5c(n4)CCNC5)nc32)CC1.Nc1nccc(Cl)n1. The summed E-state index contributed by atoms with van der Waals surface area (Å²) in [7, 11) is 0. The fraction of sp³-hybridized carbons (Fsp3) is 0.532. The summed E-state index contributed by atoms with van der Waals surface area (Å²) in [6.45, 7) is 8.85. The van der Waals surface area contributed by atoms with Crippen LogP contribution in [-0.4, -0.2) is 63.1 Å². The van der Waals surface area contributed by atoms with Crippen LogP contribution in [0.2, 0.25) is 5.15 Å². The van der Waals surface area contributed by atoms with Gasteiger partial charge in [-0.3, -0.25) is 4.98 Å². The Morgan fingerprint density at radius 1 is 0.683 bits per heavy atom. The number of pyridine rings is 2. The molecule has 10 rings (SSSR count). The summed E-state index contributed by atoms with van der Waals surface area (Å²) in [6, 6.07) is 11.2. The van der Waals surface area contributed by atoms with Gasteiger partial charge in [-0.25, -0.2) is 24.9 Å². The van der Waals surface area contributed by atoms with Crippen LogP contribution < -0.4 is 33.2 Å². The normalized spacial score (nSPS) is 22.9. The Hall–Kier alpha value is -5.25. The molecule has 0 atom stereocenters. The van der Waals surface area contributed by atoms with Crippen molar-refractivity contribution in [3.63, 3.8) is 0 Å². The van der Waals surface area contributed by atoms with E-state index in [4.69, 9.17) is 38.8 Å². The summed E-state index contributed by atoms with van der Waals surface area (Å²) in [4.78, 5) is 34.1. The van der Waals surface area contributed by atoms with Gasteiger partial charge < -0.3 is 37.7 Å². The van der Waals surface area contributed by atoms with Crippen molar-refractivity contribution in [2.75, 3.05) is 28.6 Å². The van der Waals surface area contributed by atoms with Gasteiger partial charge in [0.15, 0.2) is 0 Å². The van der Waals surface area contributed by atoms with Gasteiger partial charge in [0, 0.05) is 78.9 Å². The molecule has 7 heterocycles. The number of nitrogens with one attached hydrogen (secondary N) is 3. The summed E-state index contributed by atoms with van der Waals surface area (Å²) >= 11 is 5.41. The summed E-state index contributed by atoms with van der Waals surface area (Å²) in [6.07, 6.45) is 25.1. The number of rotatable bonds is 5. The predicted octanol–water partition coefficient (Wildman–Crippen LogP) is 9.44. The van der Waals surface area contributed by atoms with Crippen molar-refractivity contribution in [2.45, 2.75) is 136 Å². The average Bonchev–Trinajstić information content (AvgIpc) is 3.60. The van der Waals surface area contributed by atoms with E-state index in [1.807, 2.05) is 30.7 Å². The number of anilines is 5. The quantitative estimate of drug-likeness (QED) is 0.0888. The van der Waals surface area contributed by atoms with Gasteiger partial charge in [-0.1, -0.05) is 45.9 Å². The highest BCUT2D eigenvalue weighted by Gasteiger charge is 2.25. The van der Waals surface area contributed by atoms with Crippen molar-refractivity contribution in [3.8, 4) is 0 Å².